The van der Waals surface area contributed by atoms with Crippen molar-refractivity contribution in [3.63, 3.8) is 0 Å². The summed E-state index contributed by atoms with van der Waals surface area (Å²) in [6.07, 6.45) is 0.976. The van der Waals surface area contributed by atoms with Crippen molar-refractivity contribution in [1.82, 2.24) is 15.2 Å². The lowest BCUT2D eigenvalue weighted by molar-refractivity contribution is 0.0593. The third-order valence-electron chi connectivity index (χ3n) is 5.68. The third kappa shape index (κ3) is 6.06. The number of nitrogens with one attached hydrogen (secondary N) is 2. The molecule has 0 radical (unpaired) electrons. The Bertz CT molecular complexity index is 1190. The van der Waals surface area contributed by atoms with Gasteiger partial charge in [0.15, 0.2) is 5.43 Å². The topological polar surface area (TPSA) is 94.7 Å². The number of aromatic nitrogens is 1. The van der Waals surface area contributed by atoms with Gasteiger partial charge in [0.2, 0.25) is 0 Å². The number of nitrogens with zero attached hydrogens (tertiary/aromatic N) is 1. The molecule has 1 aliphatic heterocycles. The Morgan fingerprint density at radius 1 is 1.15 bits per heavy atom. The van der Waals surface area contributed by atoms with E-state index in [2.05, 4.69) is 15.2 Å². The molecule has 0 bridgehead atoms. The molecule has 3 N–H and O–H groups in total. The van der Waals surface area contributed by atoms with Crippen LogP contribution in [0.5, 0.6) is 5.75 Å². The molecule has 1 amide bonds. The Morgan fingerprint density at radius 3 is 2.67 bits per heavy atom. The van der Waals surface area contributed by atoms with Crippen LogP contribution in [0.4, 0.5) is 0 Å². The van der Waals surface area contributed by atoms with E-state index in [0.717, 1.165) is 25.9 Å². The summed E-state index contributed by atoms with van der Waals surface area (Å²) in [6, 6.07) is 13.5. The van der Waals surface area contributed by atoms with Crippen LogP contribution < -0.4 is 15.5 Å². The molecule has 2 heterocycles. The summed E-state index contributed by atoms with van der Waals surface area (Å²) in [4.78, 5) is 29.8. The molecule has 0 aliphatic carbocycles. The summed E-state index contributed by atoms with van der Waals surface area (Å²) in [7, 11) is 0. The number of likely N-dealkylation sites (tertiary alicyclic amines) is 1. The van der Waals surface area contributed by atoms with Gasteiger partial charge in [0.1, 0.15) is 17.5 Å². The summed E-state index contributed by atoms with van der Waals surface area (Å²) in [6.45, 7) is 2.07. The van der Waals surface area contributed by atoms with Gasteiger partial charge < -0.3 is 25.0 Å². The number of ether oxygens (including phenoxy) is 1. The molecule has 9 heteroatoms. The Kier molecular flexibility index (Phi) is 7.55. The maximum Gasteiger partial charge on any atom is 0.267 e. The first-order valence-electron chi connectivity index (χ1n) is 10.8. The zero-order chi connectivity index (χ0) is 23.4. The second kappa shape index (κ2) is 10.6. The number of aromatic amines is 1. The predicted octanol–water partition coefficient (Wildman–Crippen LogP) is 3.47. The summed E-state index contributed by atoms with van der Waals surface area (Å²) in [5, 5.41) is 14.6. The number of hydrogen-bond acceptors (Lipinski definition) is 5. The van der Waals surface area contributed by atoms with Crippen molar-refractivity contribution in [1.29, 1.82) is 0 Å². The van der Waals surface area contributed by atoms with Crippen LogP contribution in [0.3, 0.4) is 0 Å². The first-order chi connectivity index (χ1) is 15.9. The van der Waals surface area contributed by atoms with E-state index in [4.69, 9.17) is 27.9 Å². The van der Waals surface area contributed by atoms with Crippen LogP contribution in [0.25, 0.3) is 10.9 Å². The second-order valence-corrected chi connectivity index (χ2v) is 8.96. The summed E-state index contributed by atoms with van der Waals surface area (Å²) in [5.74, 6) is 0.267. The number of halogens is 2. The average molecular weight is 490 g/mol. The van der Waals surface area contributed by atoms with E-state index in [9.17, 15) is 14.7 Å². The average Bonchev–Trinajstić information content (AvgIpc) is 2.81. The molecule has 0 saturated carbocycles. The minimum atomic E-state index is -0.728. The number of hydrogen-bond donors (Lipinski definition) is 3. The number of benzene rings is 2. The Labute approximate surface area is 201 Å². The highest BCUT2D eigenvalue weighted by Crippen LogP contribution is 2.28. The fourth-order valence-corrected chi connectivity index (χ4v) is 4.23. The second-order valence-electron chi connectivity index (χ2n) is 8.15. The zero-order valence-corrected chi connectivity index (χ0v) is 19.4. The minimum Gasteiger partial charge on any atom is -0.490 e. The van der Waals surface area contributed by atoms with Crippen LogP contribution in [-0.4, -0.2) is 59.3 Å². The Hall–Kier alpha value is -2.58. The normalized spacial score (nSPS) is 16.0. The summed E-state index contributed by atoms with van der Waals surface area (Å²) < 4.78 is 5.99. The van der Waals surface area contributed by atoms with E-state index in [1.54, 1.807) is 42.5 Å². The molecule has 1 fully saturated rings. The van der Waals surface area contributed by atoms with Gasteiger partial charge in [-0.05, 0) is 37.1 Å². The number of fused-ring (bicyclic) bond motifs is 1. The van der Waals surface area contributed by atoms with Crippen LogP contribution in [0, 0.1) is 0 Å². The number of aliphatic hydroxyl groups is 1. The van der Waals surface area contributed by atoms with E-state index in [-0.39, 0.29) is 23.8 Å². The summed E-state index contributed by atoms with van der Waals surface area (Å²) in [5.41, 5.74) is 0.550. The number of carbonyl (C=O) groups excluding carboxylic acids is 1. The van der Waals surface area contributed by atoms with Crippen LogP contribution in [-0.2, 0) is 0 Å². The SMILES string of the molecule is O=C(NCC(O)CN1CCC(Oc2ccc(Cl)c(Cl)c2)CC1)c1cc(=O)c2ccccc2[nH]1. The Balaban J connectivity index is 1.23. The molecule has 0 spiro atoms. The van der Waals surface area contributed by atoms with Crippen molar-refractivity contribution in [2.75, 3.05) is 26.2 Å². The molecule has 2 aromatic carbocycles. The van der Waals surface area contributed by atoms with Gasteiger partial charge in [0.05, 0.1) is 16.1 Å². The van der Waals surface area contributed by atoms with E-state index in [1.807, 2.05) is 0 Å². The number of rotatable bonds is 7. The molecule has 1 saturated heterocycles. The van der Waals surface area contributed by atoms with Crippen molar-refractivity contribution < 1.29 is 14.6 Å². The highest BCUT2D eigenvalue weighted by molar-refractivity contribution is 6.42. The number of H-pyrrole nitrogens is 1. The summed E-state index contributed by atoms with van der Waals surface area (Å²) >= 11 is 12.0. The number of amides is 1. The van der Waals surface area contributed by atoms with Crippen molar-refractivity contribution >= 4 is 40.0 Å². The molecule has 1 unspecified atom stereocenters. The van der Waals surface area contributed by atoms with Crippen LogP contribution in [0.15, 0.2) is 53.3 Å². The van der Waals surface area contributed by atoms with Crippen molar-refractivity contribution in [2.45, 2.75) is 25.0 Å². The minimum absolute atomic E-state index is 0.0695. The predicted molar refractivity (Wildman–Crippen MR) is 129 cm³/mol. The van der Waals surface area contributed by atoms with Crippen LogP contribution >= 0.6 is 23.2 Å². The van der Waals surface area contributed by atoms with E-state index in [0.29, 0.717) is 33.2 Å². The van der Waals surface area contributed by atoms with Gasteiger partial charge in [0, 0.05) is 49.2 Å². The maximum absolute atomic E-state index is 12.5. The number of para-hydroxylation sites is 1. The molecule has 3 aromatic rings. The molecular weight excluding hydrogens is 465 g/mol. The fourth-order valence-electron chi connectivity index (χ4n) is 3.94. The molecule has 33 heavy (non-hydrogen) atoms. The van der Waals surface area contributed by atoms with Crippen LogP contribution in [0.1, 0.15) is 23.3 Å². The lowest BCUT2D eigenvalue weighted by Crippen LogP contribution is -2.45. The standard InChI is InChI=1S/C24H25Cl2N3O4/c25-19-6-5-17(11-20(19)26)33-16-7-9-29(10-8-16)14-15(30)13-27-24(32)22-12-23(31)18-3-1-2-4-21(18)28-22/h1-6,11-12,15-16,30H,7-10,13-14H2,(H,27,32)(H,28,31). The van der Waals surface area contributed by atoms with Crippen molar-refractivity contribution in [3.05, 3.63) is 74.5 Å². The first-order valence-corrected chi connectivity index (χ1v) is 11.6. The lowest BCUT2D eigenvalue weighted by atomic mass is 10.1. The van der Waals surface area contributed by atoms with Gasteiger partial charge in [-0.15, -0.1) is 0 Å². The molecule has 4 rings (SSSR count). The van der Waals surface area contributed by atoms with E-state index >= 15 is 0 Å². The fraction of sp³-hybridized carbons (Fsp3) is 0.333. The lowest BCUT2D eigenvalue weighted by Gasteiger charge is -2.33. The number of piperidine rings is 1. The zero-order valence-electron chi connectivity index (χ0n) is 17.9. The molecule has 174 valence electrons. The van der Waals surface area contributed by atoms with Crippen molar-refractivity contribution in [2.24, 2.45) is 0 Å². The van der Waals surface area contributed by atoms with E-state index < -0.39 is 12.0 Å². The third-order valence-corrected chi connectivity index (χ3v) is 6.42. The van der Waals surface area contributed by atoms with E-state index in [1.165, 1.54) is 6.07 Å². The molecule has 7 nitrogen and oxygen atoms in total. The smallest absolute Gasteiger partial charge is 0.267 e. The van der Waals surface area contributed by atoms with Gasteiger partial charge in [-0.25, -0.2) is 0 Å². The molecule has 1 atom stereocenters. The van der Waals surface area contributed by atoms with Gasteiger partial charge >= 0.3 is 0 Å². The highest BCUT2D eigenvalue weighted by Gasteiger charge is 2.23. The Morgan fingerprint density at radius 2 is 1.91 bits per heavy atom. The van der Waals surface area contributed by atoms with Gasteiger partial charge in [0.25, 0.3) is 5.91 Å². The quantitative estimate of drug-likeness (QED) is 0.472. The van der Waals surface area contributed by atoms with Crippen LogP contribution in [0.2, 0.25) is 10.0 Å². The number of pyridine rings is 1. The van der Waals surface area contributed by atoms with Gasteiger partial charge in [-0.1, -0.05) is 35.3 Å². The largest absolute Gasteiger partial charge is 0.490 e. The highest BCUT2D eigenvalue weighted by atomic mass is 35.5. The molecular formula is C24H25Cl2N3O4. The monoisotopic (exact) mass is 489 g/mol. The number of carbonyl (C=O) groups is 1. The van der Waals surface area contributed by atoms with Gasteiger partial charge in [-0.3, -0.25) is 9.59 Å². The van der Waals surface area contributed by atoms with Gasteiger partial charge in [-0.2, -0.15) is 0 Å². The first kappa shape index (κ1) is 23.6. The van der Waals surface area contributed by atoms with Crippen molar-refractivity contribution in [3.8, 4) is 5.75 Å². The molecule has 1 aliphatic rings. The number of aliphatic hydroxyl groups excluding tert-OH is 1. The number of β-amino-alcohol motifs (C(OH)–C–C–N with tert-alkyl or cyclic N) is 1. The maximum atomic E-state index is 12.5. The molecule has 1 aromatic heterocycles.